The number of nitrogens with two attached hydrogens (primary N) is 1. The first-order valence-corrected chi connectivity index (χ1v) is 7.06. The molecule has 104 valence electrons. The molecule has 2 aliphatic rings. The van der Waals surface area contributed by atoms with Gasteiger partial charge in [0.2, 0.25) is 5.91 Å². The van der Waals surface area contributed by atoms with Gasteiger partial charge in [0.05, 0.1) is 6.10 Å². The first-order valence-electron chi connectivity index (χ1n) is 7.06. The number of hydrogen-bond acceptors (Lipinski definition) is 3. The van der Waals surface area contributed by atoms with Gasteiger partial charge in [-0.3, -0.25) is 4.79 Å². The van der Waals surface area contributed by atoms with Crippen LogP contribution in [0.3, 0.4) is 0 Å². The van der Waals surface area contributed by atoms with Gasteiger partial charge in [0, 0.05) is 25.0 Å². The van der Waals surface area contributed by atoms with Gasteiger partial charge in [-0.05, 0) is 30.6 Å². The molecule has 2 rings (SSSR count). The lowest BCUT2D eigenvalue weighted by atomic mass is 9.61. The summed E-state index contributed by atoms with van der Waals surface area (Å²) in [6.45, 7) is 7.68. The second-order valence-electron chi connectivity index (χ2n) is 6.63. The standard InChI is InChI=1S/C14H26N2O2/c1-9-12(15)5-4-11(14(9,2)3)13(18)16-7-6-10(17)8-16/h9-12,17H,4-8,15H2,1-3H3/t9?,10-,11?,12?/m1/s1. The lowest BCUT2D eigenvalue weighted by Gasteiger charge is -2.47. The minimum Gasteiger partial charge on any atom is -0.391 e. The van der Waals surface area contributed by atoms with E-state index in [0.29, 0.717) is 25.4 Å². The Hall–Kier alpha value is -0.610. The van der Waals surface area contributed by atoms with Gasteiger partial charge in [-0.1, -0.05) is 20.8 Å². The van der Waals surface area contributed by atoms with Crippen LogP contribution in [-0.4, -0.2) is 41.1 Å². The highest BCUT2D eigenvalue weighted by Gasteiger charge is 2.46. The van der Waals surface area contributed by atoms with Gasteiger partial charge in [0.25, 0.3) is 0 Å². The summed E-state index contributed by atoms with van der Waals surface area (Å²) in [5, 5.41) is 9.56. The molecule has 1 heterocycles. The fourth-order valence-electron chi connectivity index (χ4n) is 3.45. The molecule has 18 heavy (non-hydrogen) atoms. The molecule has 0 radical (unpaired) electrons. The SMILES string of the molecule is CC1C(N)CCC(C(=O)N2CC[C@@H](O)C2)C1(C)C. The van der Waals surface area contributed by atoms with Crippen LogP contribution in [0.4, 0.5) is 0 Å². The molecule has 1 aliphatic heterocycles. The predicted molar refractivity (Wildman–Crippen MR) is 70.8 cm³/mol. The van der Waals surface area contributed by atoms with Crippen LogP contribution >= 0.6 is 0 Å². The monoisotopic (exact) mass is 254 g/mol. The van der Waals surface area contributed by atoms with E-state index in [4.69, 9.17) is 5.73 Å². The minimum atomic E-state index is -0.333. The molecule has 0 aromatic carbocycles. The van der Waals surface area contributed by atoms with E-state index in [0.717, 1.165) is 12.8 Å². The van der Waals surface area contributed by atoms with Crippen molar-refractivity contribution in [3.05, 3.63) is 0 Å². The van der Waals surface area contributed by atoms with Crippen LogP contribution in [0.1, 0.15) is 40.0 Å². The van der Waals surface area contributed by atoms with Crippen LogP contribution in [0.2, 0.25) is 0 Å². The van der Waals surface area contributed by atoms with E-state index in [-0.39, 0.29) is 29.4 Å². The van der Waals surface area contributed by atoms with Gasteiger partial charge in [-0.2, -0.15) is 0 Å². The predicted octanol–water partition coefficient (Wildman–Crippen LogP) is 0.979. The van der Waals surface area contributed by atoms with Crippen molar-refractivity contribution in [2.24, 2.45) is 23.0 Å². The van der Waals surface area contributed by atoms with Gasteiger partial charge in [-0.15, -0.1) is 0 Å². The van der Waals surface area contributed by atoms with Crippen LogP contribution in [0.5, 0.6) is 0 Å². The Bertz CT molecular complexity index is 330. The molecule has 1 saturated carbocycles. The summed E-state index contributed by atoms with van der Waals surface area (Å²) in [5.74, 6) is 0.626. The normalized spacial score (nSPS) is 39.9. The Morgan fingerprint density at radius 1 is 1.33 bits per heavy atom. The lowest BCUT2D eigenvalue weighted by molar-refractivity contribution is -0.142. The smallest absolute Gasteiger partial charge is 0.226 e. The number of carbonyl (C=O) groups excluding carboxylic acids is 1. The fraction of sp³-hybridized carbons (Fsp3) is 0.929. The Balaban J connectivity index is 2.10. The van der Waals surface area contributed by atoms with Crippen LogP contribution in [0, 0.1) is 17.3 Å². The highest BCUT2D eigenvalue weighted by Crippen LogP contribution is 2.45. The third-order valence-corrected chi connectivity index (χ3v) is 5.28. The van der Waals surface area contributed by atoms with E-state index in [1.807, 2.05) is 4.90 Å². The number of aliphatic hydroxyl groups is 1. The number of β-amino-alcohol motifs (C(OH)–C–C–N with tert-alkyl or cyclic N) is 1. The van der Waals surface area contributed by atoms with Gasteiger partial charge < -0.3 is 15.7 Å². The summed E-state index contributed by atoms with van der Waals surface area (Å²) in [7, 11) is 0. The number of rotatable bonds is 1. The summed E-state index contributed by atoms with van der Waals surface area (Å²) in [6, 6.07) is 0.202. The molecule has 3 unspecified atom stereocenters. The summed E-state index contributed by atoms with van der Waals surface area (Å²) in [6.07, 6.45) is 2.19. The number of likely N-dealkylation sites (tertiary alicyclic amines) is 1. The average Bonchev–Trinajstić information content (AvgIpc) is 2.72. The molecule has 0 bridgehead atoms. The molecule has 3 N–H and O–H groups in total. The van der Waals surface area contributed by atoms with Gasteiger partial charge in [0.15, 0.2) is 0 Å². The second-order valence-corrected chi connectivity index (χ2v) is 6.63. The maximum atomic E-state index is 12.6. The molecule has 1 aliphatic carbocycles. The van der Waals surface area contributed by atoms with Crippen molar-refractivity contribution in [1.82, 2.24) is 4.90 Å². The summed E-state index contributed by atoms with van der Waals surface area (Å²) in [4.78, 5) is 14.4. The highest BCUT2D eigenvalue weighted by atomic mass is 16.3. The number of nitrogens with zero attached hydrogens (tertiary/aromatic N) is 1. The highest BCUT2D eigenvalue weighted by molar-refractivity contribution is 5.80. The average molecular weight is 254 g/mol. The van der Waals surface area contributed by atoms with E-state index in [9.17, 15) is 9.90 Å². The van der Waals surface area contributed by atoms with Crippen LogP contribution in [0.25, 0.3) is 0 Å². The molecule has 0 spiro atoms. The quantitative estimate of drug-likeness (QED) is 0.733. The van der Waals surface area contributed by atoms with Crippen molar-refractivity contribution >= 4 is 5.91 Å². The molecule has 4 heteroatoms. The Morgan fingerprint density at radius 2 is 2.00 bits per heavy atom. The Morgan fingerprint density at radius 3 is 2.56 bits per heavy atom. The van der Waals surface area contributed by atoms with Crippen molar-refractivity contribution in [3.8, 4) is 0 Å². The zero-order valence-electron chi connectivity index (χ0n) is 11.7. The number of amides is 1. The van der Waals surface area contributed by atoms with E-state index in [1.54, 1.807) is 0 Å². The van der Waals surface area contributed by atoms with Gasteiger partial charge >= 0.3 is 0 Å². The molecule has 1 amide bonds. The third kappa shape index (κ3) is 2.28. The van der Waals surface area contributed by atoms with E-state index in [2.05, 4.69) is 20.8 Å². The Kier molecular flexibility index (Phi) is 3.70. The first kappa shape index (κ1) is 13.8. The molecule has 0 aromatic heterocycles. The van der Waals surface area contributed by atoms with Crippen molar-refractivity contribution in [2.75, 3.05) is 13.1 Å². The maximum Gasteiger partial charge on any atom is 0.226 e. The van der Waals surface area contributed by atoms with Crippen molar-refractivity contribution < 1.29 is 9.90 Å². The minimum absolute atomic E-state index is 0.0533. The van der Waals surface area contributed by atoms with Gasteiger partial charge in [-0.25, -0.2) is 0 Å². The molecule has 4 nitrogen and oxygen atoms in total. The zero-order chi connectivity index (χ0) is 13.5. The summed E-state index contributed by atoms with van der Waals surface area (Å²) < 4.78 is 0. The molecular weight excluding hydrogens is 228 g/mol. The van der Waals surface area contributed by atoms with E-state index in [1.165, 1.54) is 0 Å². The van der Waals surface area contributed by atoms with E-state index < -0.39 is 0 Å². The molecular formula is C14H26N2O2. The third-order valence-electron chi connectivity index (χ3n) is 5.28. The molecule has 2 fully saturated rings. The maximum absolute atomic E-state index is 12.6. The number of hydrogen-bond donors (Lipinski definition) is 2. The second kappa shape index (κ2) is 4.82. The van der Waals surface area contributed by atoms with Crippen LogP contribution in [0.15, 0.2) is 0 Å². The van der Waals surface area contributed by atoms with Gasteiger partial charge in [0.1, 0.15) is 0 Å². The first-order chi connectivity index (χ1) is 8.34. The molecule has 0 aromatic rings. The summed E-state index contributed by atoms with van der Waals surface area (Å²) >= 11 is 0. The molecule has 1 saturated heterocycles. The summed E-state index contributed by atoms with van der Waals surface area (Å²) in [5.41, 5.74) is 6.07. The van der Waals surface area contributed by atoms with Crippen LogP contribution < -0.4 is 5.73 Å². The Labute approximate surface area is 110 Å². The largest absolute Gasteiger partial charge is 0.391 e. The number of aliphatic hydroxyl groups excluding tert-OH is 1. The van der Waals surface area contributed by atoms with E-state index >= 15 is 0 Å². The number of carbonyl (C=O) groups is 1. The van der Waals surface area contributed by atoms with Crippen molar-refractivity contribution in [2.45, 2.75) is 52.2 Å². The topological polar surface area (TPSA) is 66.6 Å². The van der Waals surface area contributed by atoms with Crippen molar-refractivity contribution in [3.63, 3.8) is 0 Å². The zero-order valence-corrected chi connectivity index (χ0v) is 11.7. The van der Waals surface area contributed by atoms with Crippen LogP contribution in [-0.2, 0) is 4.79 Å². The van der Waals surface area contributed by atoms with Crippen molar-refractivity contribution in [1.29, 1.82) is 0 Å². The molecule has 4 atom stereocenters. The lowest BCUT2D eigenvalue weighted by Crippen LogP contribution is -2.52. The fourth-order valence-corrected chi connectivity index (χ4v) is 3.45.